The maximum atomic E-state index is 11.9. The Morgan fingerprint density at radius 3 is 2.32 bits per heavy atom. The number of esters is 1. The molecule has 0 saturated heterocycles. The minimum absolute atomic E-state index is 0.320. The molecule has 0 aliphatic rings. The van der Waals surface area contributed by atoms with Crippen molar-refractivity contribution in [1.29, 1.82) is 0 Å². The third-order valence-corrected chi connectivity index (χ3v) is 3.39. The van der Waals surface area contributed by atoms with Crippen LogP contribution >= 0.6 is 0 Å². The Bertz CT molecular complexity index is 684. The fraction of sp³-hybridized carbons (Fsp3) is 0.263. The van der Waals surface area contributed by atoms with Crippen LogP contribution in [0.5, 0.6) is 5.75 Å². The maximum absolute atomic E-state index is 11.9. The van der Waals surface area contributed by atoms with Crippen LogP contribution in [0, 0.1) is 0 Å². The summed E-state index contributed by atoms with van der Waals surface area (Å²) >= 11 is 0. The number of hydrogen-bond acceptors (Lipinski definition) is 5. The number of anilines is 1. The summed E-state index contributed by atoms with van der Waals surface area (Å²) in [4.78, 5) is 25.5. The molecule has 0 atom stereocenters. The lowest BCUT2D eigenvalue weighted by Crippen LogP contribution is -2.32. The topological polar surface area (TPSA) is 67.9 Å². The number of ether oxygens (including phenoxy) is 2. The Balaban J connectivity index is 1.66. The second-order valence-corrected chi connectivity index (χ2v) is 5.53. The number of carbonyl (C=O) groups excluding carboxylic acids is 2. The van der Waals surface area contributed by atoms with E-state index in [-0.39, 0.29) is 12.5 Å². The predicted octanol–water partition coefficient (Wildman–Crippen LogP) is 2.10. The lowest BCUT2D eigenvalue weighted by molar-refractivity contribution is -0.124. The molecule has 6 nitrogen and oxygen atoms in total. The number of nitrogens with zero attached hydrogens (tertiary/aromatic N) is 1. The molecule has 0 unspecified atom stereocenters. The Kier molecular flexibility index (Phi) is 6.83. The van der Waals surface area contributed by atoms with E-state index in [1.807, 2.05) is 61.5 Å². The molecule has 0 heterocycles. The van der Waals surface area contributed by atoms with Crippen LogP contribution in [-0.4, -0.2) is 45.7 Å². The monoisotopic (exact) mass is 342 g/mol. The molecule has 25 heavy (non-hydrogen) atoms. The molecule has 2 aromatic carbocycles. The highest BCUT2D eigenvalue weighted by atomic mass is 16.5. The summed E-state index contributed by atoms with van der Waals surface area (Å²) < 4.78 is 10.5. The molecule has 0 fully saturated rings. The van der Waals surface area contributed by atoms with Crippen LogP contribution in [0.1, 0.15) is 10.4 Å². The molecule has 2 aromatic rings. The maximum Gasteiger partial charge on any atom is 0.338 e. The average Bonchev–Trinajstić information content (AvgIpc) is 2.64. The average molecular weight is 342 g/mol. The molecule has 0 aliphatic heterocycles. The minimum atomic E-state index is -0.527. The van der Waals surface area contributed by atoms with Crippen molar-refractivity contribution >= 4 is 17.6 Å². The van der Waals surface area contributed by atoms with Crippen LogP contribution < -0.4 is 15.0 Å². The number of rotatable bonds is 8. The molecular weight excluding hydrogens is 320 g/mol. The van der Waals surface area contributed by atoms with Crippen LogP contribution in [0.4, 0.5) is 5.69 Å². The van der Waals surface area contributed by atoms with Crippen LogP contribution in [0.15, 0.2) is 54.6 Å². The van der Waals surface area contributed by atoms with E-state index in [4.69, 9.17) is 9.47 Å². The number of benzene rings is 2. The van der Waals surface area contributed by atoms with Crippen LogP contribution in [-0.2, 0) is 9.53 Å². The summed E-state index contributed by atoms with van der Waals surface area (Å²) in [6, 6.07) is 16.3. The predicted molar refractivity (Wildman–Crippen MR) is 96.0 cm³/mol. The van der Waals surface area contributed by atoms with Gasteiger partial charge < -0.3 is 19.7 Å². The molecule has 0 radical (unpaired) electrons. The lowest BCUT2D eigenvalue weighted by atomic mass is 10.2. The van der Waals surface area contributed by atoms with Crippen molar-refractivity contribution < 1.29 is 19.1 Å². The number of carbonyl (C=O) groups is 2. The van der Waals surface area contributed by atoms with Crippen molar-refractivity contribution in [2.75, 3.05) is 38.8 Å². The Morgan fingerprint density at radius 2 is 1.68 bits per heavy atom. The Morgan fingerprint density at radius 1 is 1.00 bits per heavy atom. The van der Waals surface area contributed by atoms with Gasteiger partial charge in [-0.15, -0.1) is 0 Å². The smallest absolute Gasteiger partial charge is 0.338 e. The van der Waals surface area contributed by atoms with Gasteiger partial charge in [0.2, 0.25) is 0 Å². The number of para-hydroxylation sites is 1. The molecular formula is C19H22N2O4. The van der Waals surface area contributed by atoms with Gasteiger partial charge in [-0.2, -0.15) is 0 Å². The van der Waals surface area contributed by atoms with Gasteiger partial charge in [0.1, 0.15) is 12.4 Å². The van der Waals surface area contributed by atoms with Crippen molar-refractivity contribution in [1.82, 2.24) is 5.32 Å². The number of nitrogens with one attached hydrogen (secondary N) is 1. The van der Waals surface area contributed by atoms with Gasteiger partial charge in [0, 0.05) is 19.8 Å². The first-order valence-electron chi connectivity index (χ1n) is 7.95. The fourth-order valence-corrected chi connectivity index (χ4v) is 2.04. The van der Waals surface area contributed by atoms with Crippen molar-refractivity contribution in [3.63, 3.8) is 0 Å². The molecule has 2 rings (SSSR count). The fourth-order valence-electron chi connectivity index (χ4n) is 2.04. The zero-order valence-electron chi connectivity index (χ0n) is 14.4. The second-order valence-electron chi connectivity index (χ2n) is 5.53. The highest BCUT2D eigenvalue weighted by Crippen LogP contribution is 2.12. The largest absolute Gasteiger partial charge is 0.492 e. The Labute approximate surface area is 147 Å². The zero-order chi connectivity index (χ0) is 18.1. The van der Waals surface area contributed by atoms with E-state index >= 15 is 0 Å². The molecule has 6 heteroatoms. The third kappa shape index (κ3) is 6.18. The zero-order valence-corrected chi connectivity index (χ0v) is 14.4. The van der Waals surface area contributed by atoms with Crippen molar-refractivity contribution in [2.24, 2.45) is 0 Å². The minimum Gasteiger partial charge on any atom is -0.492 e. The van der Waals surface area contributed by atoms with E-state index < -0.39 is 5.97 Å². The molecule has 0 bridgehead atoms. The normalized spacial score (nSPS) is 10.0. The second kappa shape index (κ2) is 9.32. The van der Waals surface area contributed by atoms with Gasteiger partial charge >= 0.3 is 5.97 Å². The van der Waals surface area contributed by atoms with E-state index in [1.165, 1.54) is 0 Å². The van der Waals surface area contributed by atoms with E-state index in [9.17, 15) is 9.59 Å². The van der Waals surface area contributed by atoms with Gasteiger partial charge in [-0.05, 0) is 36.4 Å². The molecule has 0 saturated carbocycles. The molecule has 1 N–H and O–H groups in total. The van der Waals surface area contributed by atoms with Crippen molar-refractivity contribution in [3.05, 3.63) is 60.2 Å². The molecule has 1 amide bonds. The first-order valence-corrected chi connectivity index (χ1v) is 7.95. The quantitative estimate of drug-likeness (QED) is 0.588. The molecule has 132 valence electrons. The van der Waals surface area contributed by atoms with Gasteiger partial charge in [-0.25, -0.2) is 4.79 Å². The van der Waals surface area contributed by atoms with E-state index in [1.54, 1.807) is 12.1 Å². The summed E-state index contributed by atoms with van der Waals surface area (Å²) in [5, 5.41) is 2.64. The lowest BCUT2D eigenvalue weighted by Gasteiger charge is -2.12. The van der Waals surface area contributed by atoms with E-state index in [2.05, 4.69) is 5.32 Å². The summed E-state index contributed by atoms with van der Waals surface area (Å²) in [7, 11) is 3.83. The SMILES string of the molecule is CN(C)c1ccc(C(=O)OCC(=O)NCCOc2ccccc2)cc1. The third-order valence-electron chi connectivity index (χ3n) is 3.39. The summed E-state index contributed by atoms with van der Waals surface area (Å²) in [5.41, 5.74) is 1.39. The standard InChI is InChI=1S/C19H22N2O4/c1-21(2)16-10-8-15(9-11-16)19(23)25-14-18(22)20-12-13-24-17-6-4-3-5-7-17/h3-11H,12-14H2,1-2H3,(H,20,22). The van der Waals surface area contributed by atoms with Crippen molar-refractivity contribution in [3.8, 4) is 5.75 Å². The van der Waals surface area contributed by atoms with Crippen LogP contribution in [0.25, 0.3) is 0 Å². The summed E-state index contributed by atoms with van der Waals surface area (Å²) in [5.74, 6) is -0.153. The molecule has 0 spiro atoms. The first kappa shape index (κ1) is 18.3. The number of hydrogen-bond donors (Lipinski definition) is 1. The summed E-state index contributed by atoms with van der Waals surface area (Å²) in [6.45, 7) is 0.359. The van der Waals surface area contributed by atoms with Crippen molar-refractivity contribution in [2.45, 2.75) is 0 Å². The number of amides is 1. The van der Waals surface area contributed by atoms with Crippen LogP contribution in [0.2, 0.25) is 0 Å². The van der Waals surface area contributed by atoms with E-state index in [0.29, 0.717) is 18.7 Å². The molecule has 0 aliphatic carbocycles. The van der Waals surface area contributed by atoms with Crippen LogP contribution in [0.3, 0.4) is 0 Å². The molecule has 0 aromatic heterocycles. The highest BCUT2D eigenvalue weighted by Gasteiger charge is 2.10. The Hall–Kier alpha value is -3.02. The van der Waals surface area contributed by atoms with Gasteiger partial charge in [0.05, 0.1) is 12.1 Å². The first-order chi connectivity index (χ1) is 12.1. The van der Waals surface area contributed by atoms with Gasteiger partial charge in [-0.1, -0.05) is 18.2 Å². The highest BCUT2D eigenvalue weighted by molar-refractivity contribution is 5.91. The van der Waals surface area contributed by atoms with E-state index in [0.717, 1.165) is 11.4 Å². The van der Waals surface area contributed by atoms with Gasteiger partial charge in [0.25, 0.3) is 5.91 Å². The summed E-state index contributed by atoms with van der Waals surface area (Å²) in [6.07, 6.45) is 0. The van der Waals surface area contributed by atoms with Gasteiger partial charge in [-0.3, -0.25) is 4.79 Å². The van der Waals surface area contributed by atoms with Gasteiger partial charge in [0.15, 0.2) is 6.61 Å².